The third kappa shape index (κ3) is 3.36. The summed E-state index contributed by atoms with van der Waals surface area (Å²) < 4.78 is 13.2. The SMILES string of the molecule is Cc1ccncc1CN1CCN(c2ccnc(F)c2)CC1. The number of aromatic nitrogens is 2. The molecule has 21 heavy (non-hydrogen) atoms. The van der Waals surface area contributed by atoms with E-state index in [4.69, 9.17) is 0 Å². The largest absolute Gasteiger partial charge is 0.369 e. The molecule has 110 valence electrons. The minimum Gasteiger partial charge on any atom is -0.369 e. The van der Waals surface area contributed by atoms with Crippen molar-refractivity contribution in [2.75, 3.05) is 31.1 Å². The molecule has 4 nitrogen and oxygen atoms in total. The second-order valence-corrected chi connectivity index (χ2v) is 5.40. The van der Waals surface area contributed by atoms with E-state index in [-0.39, 0.29) is 0 Å². The molecule has 0 N–H and O–H groups in total. The summed E-state index contributed by atoms with van der Waals surface area (Å²) in [4.78, 5) is 12.4. The Bertz CT molecular complexity index is 609. The zero-order valence-electron chi connectivity index (χ0n) is 12.2. The molecule has 0 aromatic carbocycles. The Balaban J connectivity index is 1.59. The maximum Gasteiger partial charge on any atom is 0.214 e. The average Bonchev–Trinajstić information content (AvgIpc) is 2.50. The minimum atomic E-state index is -0.416. The van der Waals surface area contributed by atoms with E-state index in [0.717, 1.165) is 38.4 Å². The van der Waals surface area contributed by atoms with Crippen molar-refractivity contribution in [2.45, 2.75) is 13.5 Å². The molecular formula is C16H19FN4. The van der Waals surface area contributed by atoms with Gasteiger partial charge in [-0.3, -0.25) is 9.88 Å². The number of aryl methyl sites for hydroxylation is 1. The van der Waals surface area contributed by atoms with Crippen LogP contribution in [0.4, 0.5) is 10.1 Å². The quantitative estimate of drug-likeness (QED) is 0.810. The van der Waals surface area contributed by atoms with E-state index in [9.17, 15) is 4.39 Å². The van der Waals surface area contributed by atoms with Gasteiger partial charge in [-0.15, -0.1) is 0 Å². The summed E-state index contributed by atoms with van der Waals surface area (Å²) in [5, 5.41) is 0. The van der Waals surface area contributed by atoms with Crippen molar-refractivity contribution in [3.8, 4) is 0 Å². The highest BCUT2D eigenvalue weighted by atomic mass is 19.1. The molecule has 1 fully saturated rings. The van der Waals surface area contributed by atoms with Gasteiger partial charge in [-0.2, -0.15) is 4.39 Å². The van der Waals surface area contributed by atoms with E-state index < -0.39 is 5.95 Å². The van der Waals surface area contributed by atoms with Crippen molar-refractivity contribution in [2.24, 2.45) is 0 Å². The molecule has 0 bridgehead atoms. The molecule has 1 saturated heterocycles. The van der Waals surface area contributed by atoms with Crippen molar-refractivity contribution in [3.05, 3.63) is 53.9 Å². The molecule has 3 heterocycles. The Kier molecular flexibility index (Phi) is 4.10. The number of halogens is 1. The standard InChI is InChI=1S/C16H19FN4/c1-13-2-4-18-11-14(13)12-20-6-8-21(9-7-20)15-3-5-19-16(17)10-15/h2-5,10-11H,6-9,12H2,1H3. The van der Waals surface area contributed by atoms with Crippen LogP contribution in [0.5, 0.6) is 0 Å². The second kappa shape index (κ2) is 6.18. The van der Waals surface area contributed by atoms with Crippen LogP contribution in [0.1, 0.15) is 11.1 Å². The van der Waals surface area contributed by atoms with Crippen LogP contribution in [-0.4, -0.2) is 41.0 Å². The van der Waals surface area contributed by atoms with Gasteiger partial charge in [0, 0.05) is 63.1 Å². The van der Waals surface area contributed by atoms with Crippen LogP contribution in [0.15, 0.2) is 36.8 Å². The molecule has 0 amide bonds. The number of hydrogen-bond acceptors (Lipinski definition) is 4. The molecule has 0 radical (unpaired) electrons. The van der Waals surface area contributed by atoms with Gasteiger partial charge in [0.1, 0.15) is 0 Å². The highest BCUT2D eigenvalue weighted by Gasteiger charge is 2.18. The molecule has 2 aromatic rings. The molecule has 3 rings (SSSR count). The Hall–Kier alpha value is -2.01. The summed E-state index contributed by atoms with van der Waals surface area (Å²) in [7, 11) is 0. The first-order valence-electron chi connectivity index (χ1n) is 7.21. The maximum absolute atomic E-state index is 13.2. The van der Waals surface area contributed by atoms with E-state index in [2.05, 4.69) is 26.7 Å². The van der Waals surface area contributed by atoms with Crippen molar-refractivity contribution >= 4 is 5.69 Å². The van der Waals surface area contributed by atoms with Gasteiger partial charge in [-0.1, -0.05) is 0 Å². The monoisotopic (exact) mass is 286 g/mol. The van der Waals surface area contributed by atoms with E-state index in [1.54, 1.807) is 0 Å². The van der Waals surface area contributed by atoms with Crippen LogP contribution >= 0.6 is 0 Å². The van der Waals surface area contributed by atoms with E-state index in [1.807, 2.05) is 24.5 Å². The second-order valence-electron chi connectivity index (χ2n) is 5.40. The van der Waals surface area contributed by atoms with Crippen LogP contribution in [0.2, 0.25) is 0 Å². The number of rotatable bonds is 3. The summed E-state index contributed by atoms with van der Waals surface area (Å²) in [6.45, 7) is 6.80. The van der Waals surface area contributed by atoms with Crippen molar-refractivity contribution in [3.63, 3.8) is 0 Å². The van der Waals surface area contributed by atoms with Gasteiger partial charge < -0.3 is 4.90 Å². The fourth-order valence-electron chi connectivity index (χ4n) is 2.66. The lowest BCUT2D eigenvalue weighted by Gasteiger charge is -2.36. The lowest BCUT2D eigenvalue weighted by atomic mass is 10.1. The highest BCUT2D eigenvalue weighted by molar-refractivity contribution is 5.45. The third-order valence-electron chi connectivity index (χ3n) is 3.99. The Morgan fingerprint density at radius 1 is 1.14 bits per heavy atom. The van der Waals surface area contributed by atoms with E-state index in [1.165, 1.54) is 23.4 Å². The number of anilines is 1. The zero-order chi connectivity index (χ0) is 14.7. The predicted octanol–water partition coefficient (Wildman–Crippen LogP) is 2.25. The Morgan fingerprint density at radius 2 is 1.95 bits per heavy atom. The number of piperazine rings is 1. The molecular weight excluding hydrogens is 267 g/mol. The molecule has 0 unspecified atom stereocenters. The zero-order valence-corrected chi connectivity index (χ0v) is 12.2. The molecule has 1 aliphatic rings. The van der Waals surface area contributed by atoms with Gasteiger partial charge in [-0.25, -0.2) is 4.98 Å². The summed E-state index contributed by atoms with van der Waals surface area (Å²) in [5.41, 5.74) is 3.48. The summed E-state index contributed by atoms with van der Waals surface area (Å²) in [6.07, 6.45) is 5.30. The van der Waals surface area contributed by atoms with E-state index >= 15 is 0 Å². The molecule has 1 aliphatic heterocycles. The third-order valence-corrected chi connectivity index (χ3v) is 3.99. The predicted molar refractivity (Wildman–Crippen MR) is 80.7 cm³/mol. The van der Waals surface area contributed by atoms with Crippen LogP contribution < -0.4 is 4.90 Å². The van der Waals surface area contributed by atoms with Gasteiger partial charge in [-0.05, 0) is 30.2 Å². The fourth-order valence-corrected chi connectivity index (χ4v) is 2.66. The van der Waals surface area contributed by atoms with Gasteiger partial charge in [0.2, 0.25) is 5.95 Å². The first-order chi connectivity index (χ1) is 10.2. The lowest BCUT2D eigenvalue weighted by molar-refractivity contribution is 0.249. The summed E-state index contributed by atoms with van der Waals surface area (Å²) >= 11 is 0. The number of pyridine rings is 2. The Labute approximate surface area is 124 Å². The normalized spacial score (nSPS) is 16.2. The first-order valence-corrected chi connectivity index (χ1v) is 7.21. The number of nitrogens with zero attached hydrogens (tertiary/aromatic N) is 4. The molecule has 2 aromatic heterocycles. The van der Waals surface area contributed by atoms with Crippen LogP contribution in [0.25, 0.3) is 0 Å². The molecule has 0 spiro atoms. The van der Waals surface area contributed by atoms with Gasteiger partial charge in [0.05, 0.1) is 0 Å². The smallest absolute Gasteiger partial charge is 0.214 e. The molecule has 0 aliphatic carbocycles. The lowest BCUT2D eigenvalue weighted by Crippen LogP contribution is -2.46. The highest BCUT2D eigenvalue weighted by Crippen LogP contribution is 2.17. The maximum atomic E-state index is 13.2. The number of hydrogen-bond donors (Lipinski definition) is 0. The van der Waals surface area contributed by atoms with Crippen LogP contribution in [0, 0.1) is 12.9 Å². The van der Waals surface area contributed by atoms with Gasteiger partial charge >= 0.3 is 0 Å². The molecule has 0 atom stereocenters. The van der Waals surface area contributed by atoms with Crippen molar-refractivity contribution in [1.29, 1.82) is 0 Å². The summed E-state index contributed by atoms with van der Waals surface area (Å²) in [6, 6.07) is 5.41. The van der Waals surface area contributed by atoms with Crippen molar-refractivity contribution < 1.29 is 4.39 Å². The fraction of sp³-hybridized carbons (Fsp3) is 0.375. The first kappa shape index (κ1) is 13.9. The van der Waals surface area contributed by atoms with E-state index in [0.29, 0.717) is 0 Å². The van der Waals surface area contributed by atoms with Gasteiger partial charge in [0.25, 0.3) is 0 Å². The van der Waals surface area contributed by atoms with Crippen LogP contribution in [-0.2, 0) is 6.54 Å². The summed E-state index contributed by atoms with van der Waals surface area (Å²) in [5.74, 6) is -0.416. The van der Waals surface area contributed by atoms with Crippen LogP contribution in [0.3, 0.4) is 0 Å². The van der Waals surface area contributed by atoms with Crippen molar-refractivity contribution in [1.82, 2.24) is 14.9 Å². The minimum absolute atomic E-state index is 0.416. The molecule has 0 saturated carbocycles. The topological polar surface area (TPSA) is 32.3 Å². The van der Waals surface area contributed by atoms with Gasteiger partial charge in [0.15, 0.2) is 0 Å². The Morgan fingerprint density at radius 3 is 2.67 bits per heavy atom. The average molecular weight is 286 g/mol. The molecule has 5 heteroatoms.